The highest BCUT2D eigenvalue weighted by Gasteiger charge is 2.33. The number of hydrogen-bond donors (Lipinski definition) is 0. The number of hydrogen-bond acceptors (Lipinski definition) is 4. The Balaban J connectivity index is 1.78. The normalized spacial score (nSPS) is 15.4. The molecule has 3 rings (SSSR count). The molecule has 1 aromatic carbocycles. The van der Waals surface area contributed by atoms with Gasteiger partial charge in [0.15, 0.2) is 0 Å². The summed E-state index contributed by atoms with van der Waals surface area (Å²) in [6.07, 6.45) is 2.83. The van der Waals surface area contributed by atoms with E-state index in [1.165, 1.54) is 4.88 Å². The number of halogens is 1. The Labute approximate surface area is 186 Å². The number of thiophene rings is 1. The third-order valence-electron chi connectivity index (χ3n) is 5.28. The number of benzene rings is 1. The molecule has 0 fully saturated rings. The Kier molecular flexibility index (Phi) is 7.56. The first-order valence-electron chi connectivity index (χ1n) is 10.1. The predicted octanol–water partition coefficient (Wildman–Crippen LogP) is 4.64. The minimum atomic E-state index is -0.189. The molecule has 0 bridgehead atoms. The maximum absolute atomic E-state index is 13.2. The maximum Gasteiger partial charge on any atom is 0.242 e. The van der Waals surface area contributed by atoms with E-state index in [1.54, 1.807) is 29.2 Å². The zero-order valence-corrected chi connectivity index (χ0v) is 19.0. The van der Waals surface area contributed by atoms with Crippen LogP contribution in [0.3, 0.4) is 0 Å². The van der Waals surface area contributed by atoms with Gasteiger partial charge in [-0.05, 0) is 54.1 Å². The van der Waals surface area contributed by atoms with Gasteiger partial charge < -0.3 is 14.5 Å². The molecule has 30 heavy (non-hydrogen) atoms. The summed E-state index contributed by atoms with van der Waals surface area (Å²) in [7, 11) is 0. The van der Waals surface area contributed by atoms with E-state index < -0.39 is 0 Å². The molecule has 7 heteroatoms. The molecule has 0 saturated carbocycles. The van der Waals surface area contributed by atoms with E-state index in [2.05, 4.69) is 18.0 Å². The zero-order chi connectivity index (χ0) is 21.7. The standard InChI is InChI=1S/C23H27ClN2O3S/c1-4-10-25(22(27)5-2)14-23(28)26-11-8-21-18(9-12-30-21)20(26)15-29-17-6-7-19(24)16(3)13-17/h4,6-7,9,12-13,20H,1,5,8,10-11,14-15H2,2-3H3. The minimum Gasteiger partial charge on any atom is -0.491 e. The lowest BCUT2D eigenvalue weighted by Gasteiger charge is -2.37. The molecule has 0 N–H and O–H groups in total. The van der Waals surface area contributed by atoms with Crippen molar-refractivity contribution in [2.45, 2.75) is 32.7 Å². The van der Waals surface area contributed by atoms with E-state index in [0.717, 1.165) is 23.3 Å². The fraction of sp³-hybridized carbons (Fsp3) is 0.391. The zero-order valence-electron chi connectivity index (χ0n) is 17.4. The molecule has 1 aromatic heterocycles. The van der Waals surface area contributed by atoms with Crippen molar-refractivity contribution in [3.05, 3.63) is 63.3 Å². The van der Waals surface area contributed by atoms with Crippen molar-refractivity contribution in [2.24, 2.45) is 0 Å². The van der Waals surface area contributed by atoms with E-state index in [9.17, 15) is 9.59 Å². The van der Waals surface area contributed by atoms with Crippen molar-refractivity contribution in [3.8, 4) is 5.75 Å². The summed E-state index contributed by atoms with van der Waals surface area (Å²) in [6, 6.07) is 7.43. The fourth-order valence-electron chi connectivity index (χ4n) is 3.64. The monoisotopic (exact) mass is 446 g/mol. The first-order valence-corrected chi connectivity index (χ1v) is 11.3. The van der Waals surface area contributed by atoms with Gasteiger partial charge in [-0.25, -0.2) is 0 Å². The average molecular weight is 447 g/mol. The lowest BCUT2D eigenvalue weighted by atomic mass is 10.0. The molecule has 2 aromatic rings. The molecule has 1 aliphatic rings. The van der Waals surface area contributed by atoms with Crippen molar-refractivity contribution in [1.29, 1.82) is 0 Å². The van der Waals surface area contributed by atoms with Gasteiger partial charge in [0, 0.05) is 29.4 Å². The van der Waals surface area contributed by atoms with E-state index in [-0.39, 0.29) is 24.4 Å². The maximum atomic E-state index is 13.2. The number of ether oxygens (including phenoxy) is 1. The van der Waals surface area contributed by atoms with Crippen molar-refractivity contribution in [1.82, 2.24) is 9.80 Å². The van der Waals surface area contributed by atoms with Gasteiger partial charge in [0.1, 0.15) is 18.9 Å². The Bertz CT molecular complexity index is 927. The smallest absolute Gasteiger partial charge is 0.242 e. The topological polar surface area (TPSA) is 49.9 Å². The van der Waals surface area contributed by atoms with Crippen molar-refractivity contribution < 1.29 is 14.3 Å². The molecule has 5 nitrogen and oxygen atoms in total. The van der Waals surface area contributed by atoms with Gasteiger partial charge in [0.25, 0.3) is 0 Å². The second kappa shape index (κ2) is 10.1. The van der Waals surface area contributed by atoms with Crippen LogP contribution < -0.4 is 4.74 Å². The Hall–Kier alpha value is -2.31. The van der Waals surface area contributed by atoms with Crippen molar-refractivity contribution in [3.63, 3.8) is 0 Å². The van der Waals surface area contributed by atoms with Gasteiger partial charge in [0.05, 0.1) is 6.04 Å². The average Bonchev–Trinajstić information content (AvgIpc) is 3.22. The van der Waals surface area contributed by atoms with Crippen LogP contribution in [-0.4, -0.2) is 47.9 Å². The van der Waals surface area contributed by atoms with Crippen LogP contribution in [0.15, 0.2) is 42.3 Å². The molecule has 1 unspecified atom stereocenters. The number of nitrogens with zero attached hydrogens (tertiary/aromatic N) is 2. The number of carbonyl (C=O) groups is 2. The lowest BCUT2D eigenvalue weighted by Crippen LogP contribution is -2.47. The molecule has 0 aliphatic carbocycles. The van der Waals surface area contributed by atoms with Crippen LogP contribution in [0.1, 0.15) is 35.4 Å². The van der Waals surface area contributed by atoms with Gasteiger partial charge in [-0.15, -0.1) is 17.9 Å². The van der Waals surface area contributed by atoms with Crippen LogP contribution in [0.2, 0.25) is 5.02 Å². The van der Waals surface area contributed by atoms with Crippen LogP contribution >= 0.6 is 22.9 Å². The summed E-state index contributed by atoms with van der Waals surface area (Å²) in [6.45, 7) is 8.81. The van der Waals surface area contributed by atoms with Gasteiger partial charge >= 0.3 is 0 Å². The van der Waals surface area contributed by atoms with Crippen LogP contribution in [0, 0.1) is 6.92 Å². The first-order chi connectivity index (χ1) is 14.4. The summed E-state index contributed by atoms with van der Waals surface area (Å²) in [4.78, 5) is 30.1. The molecule has 2 amide bonds. The molecular weight excluding hydrogens is 420 g/mol. The number of fused-ring (bicyclic) bond motifs is 1. The summed E-state index contributed by atoms with van der Waals surface area (Å²) in [5, 5.41) is 2.75. The van der Waals surface area contributed by atoms with Crippen LogP contribution in [0.5, 0.6) is 5.75 Å². The molecule has 1 atom stereocenters. The number of amides is 2. The second-order valence-corrected chi connectivity index (χ2v) is 8.70. The summed E-state index contributed by atoms with van der Waals surface area (Å²) < 4.78 is 6.06. The van der Waals surface area contributed by atoms with E-state index in [4.69, 9.17) is 16.3 Å². The number of aryl methyl sites for hydroxylation is 1. The van der Waals surface area contributed by atoms with Gasteiger partial charge in [-0.1, -0.05) is 24.6 Å². The van der Waals surface area contributed by atoms with E-state index >= 15 is 0 Å². The molecule has 160 valence electrons. The molecule has 0 spiro atoms. The van der Waals surface area contributed by atoms with Crippen molar-refractivity contribution in [2.75, 3.05) is 26.2 Å². The molecule has 2 heterocycles. The largest absolute Gasteiger partial charge is 0.491 e. The number of carbonyl (C=O) groups excluding carboxylic acids is 2. The Morgan fingerprint density at radius 2 is 2.20 bits per heavy atom. The van der Waals surface area contributed by atoms with Gasteiger partial charge in [-0.3, -0.25) is 9.59 Å². The first kappa shape index (κ1) is 22.4. The van der Waals surface area contributed by atoms with Crippen LogP contribution in [-0.2, 0) is 16.0 Å². The predicted molar refractivity (Wildman–Crippen MR) is 121 cm³/mol. The molecule has 1 aliphatic heterocycles. The second-order valence-electron chi connectivity index (χ2n) is 7.29. The Morgan fingerprint density at radius 1 is 1.40 bits per heavy atom. The van der Waals surface area contributed by atoms with E-state index in [1.807, 2.05) is 30.0 Å². The lowest BCUT2D eigenvalue weighted by molar-refractivity contribution is -0.142. The summed E-state index contributed by atoms with van der Waals surface area (Å²) >= 11 is 7.82. The molecule has 0 radical (unpaired) electrons. The highest BCUT2D eigenvalue weighted by atomic mass is 35.5. The molecular formula is C23H27ClN2O3S. The SMILES string of the molecule is C=CCN(CC(=O)N1CCc2sccc2C1COc1ccc(Cl)c(C)c1)C(=O)CC. The van der Waals surface area contributed by atoms with Crippen LogP contribution in [0.4, 0.5) is 0 Å². The highest BCUT2D eigenvalue weighted by molar-refractivity contribution is 7.10. The third kappa shape index (κ3) is 5.05. The fourth-order valence-corrected chi connectivity index (χ4v) is 4.69. The molecule has 0 saturated heterocycles. The summed E-state index contributed by atoms with van der Waals surface area (Å²) in [5.41, 5.74) is 2.07. The number of rotatable bonds is 8. The summed E-state index contributed by atoms with van der Waals surface area (Å²) in [5.74, 6) is 0.596. The van der Waals surface area contributed by atoms with E-state index in [0.29, 0.717) is 31.1 Å². The highest BCUT2D eigenvalue weighted by Crippen LogP contribution is 2.34. The third-order valence-corrected chi connectivity index (χ3v) is 6.70. The van der Waals surface area contributed by atoms with Gasteiger partial charge in [-0.2, -0.15) is 0 Å². The Morgan fingerprint density at radius 3 is 2.90 bits per heavy atom. The van der Waals surface area contributed by atoms with Gasteiger partial charge in [0.2, 0.25) is 11.8 Å². The minimum absolute atomic E-state index is 0.0503. The van der Waals surface area contributed by atoms with Crippen molar-refractivity contribution >= 4 is 34.8 Å². The quantitative estimate of drug-likeness (QED) is 0.555. The van der Waals surface area contributed by atoms with Crippen LogP contribution in [0.25, 0.3) is 0 Å².